The summed E-state index contributed by atoms with van der Waals surface area (Å²) < 4.78 is 22.9. The number of methoxy groups -OCH3 is 1. The molecule has 37 heavy (non-hydrogen) atoms. The maximum Gasteiger partial charge on any atom is 0.330 e. The molecule has 0 bridgehead atoms. The van der Waals surface area contributed by atoms with Gasteiger partial charge in [-0.25, -0.2) is 4.79 Å². The first-order valence-corrected chi connectivity index (χ1v) is 12.5. The number of fused-ring (bicyclic) bond motifs is 1. The Hall–Kier alpha value is -3.94. The first kappa shape index (κ1) is 27.6. The number of nitrogens with two attached hydrogens (primary N) is 1. The van der Waals surface area contributed by atoms with E-state index in [1.165, 1.54) is 19.3 Å². The SMILES string of the molecule is C=CCc1c(OCCCOc2ccc3c(c2CCC)OC(/C=C/C(=O)OC)CC3)ccc(C(N)=O)c1O. The van der Waals surface area contributed by atoms with Crippen LogP contribution in [0.25, 0.3) is 0 Å². The van der Waals surface area contributed by atoms with Crippen LogP contribution in [-0.2, 0) is 28.8 Å². The van der Waals surface area contributed by atoms with Crippen molar-refractivity contribution in [2.75, 3.05) is 20.3 Å². The van der Waals surface area contributed by atoms with Crippen LogP contribution in [-0.4, -0.2) is 43.4 Å². The van der Waals surface area contributed by atoms with Gasteiger partial charge in [-0.3, -0.25) is 4.79 Å². The third-order valence-corrected chi connectivity index (χ3v) is 6.07. The standard InChI is InChI=1S/C29H35NO7/c1-4-7-21-24(15-13-23(27(21)32)29(30)33)35-17-6-18-36-25-14-10-19-9-11-20(12-16-26(31)34-3)37-28(19)22(25)8-5-2/h4,10,12-16,20,32H,1,5-9,11,17-18H2,2-3H3,(H2,30,33)/b16-12+. The maximum atomic E-state index is 11.5. The van der Waals surface area contributed by atoms with Gasteiger partial charge < -0.3 is 29.8 Å². The number of carbonyl (C=O) groups is 2. The molecule has 0 saturated carbocycles. The highest BCUT2D eigenvalue weighted by Gasteiger charge is 2.23. The highest BCUT2D eigenvalue weighted by molar-refractivity contribution is 5.96. The van der Waals surface area contributed by atoms with Crippen molar-refractivity contribution in [2.24, 2.45) is 5.73 Å². The molecule has 0 saturated heterocycles. The fourth-order valence-electron chi connectivity index (χ4n) is 4.24. The van der Waals surface area contributed by atoms with Crippen molar-refractivity contribution < 1.29 is 33.6 Å². The highest BCUT2D eigenvalue weighted by Crippen LogP contribution is 2.38. The van der Waals surface area contributed by atoms with Crippen molar-refractivity contribution >= 4 is 11.9 Å². The zero-order valence-electron chi connectivity index (χ0n) is 21.5. The third-order valence-electron chi connectivity index (χ3n) is 6.07. The van der Waals surface area contributed by atoms with Gasteiger partial charge in [-0.05, 0) is 55.5 Å². The summed E-state index contributed by atoms with van der Waals surface area (Å²) in [5, 5.41) is 10.4. The smallest absolute Gasteiger partial charge is 0.330 e. The van der Waals surface area contributed by atoms with Gasteiger partial charge in [0.15, 0.2) is 0 Å². The number of esters is 1. The largest absolute Gasteiger partial charge is 0.507 e. The van der Waals surface area contributed by atoms with Crippen molar-refractivity contribution in [1.82, 2.24) is 0 Å². The summed E-state index contributed by atoms with van der Waals surface area (Å²) in [4.78, 5) is 23.0. The fourth-order valence-corrected chi connectivity index (χ4v) is 4.24. The monoisotopic (exact) mass is 509 g/mol. The van der Waals surface area contributed by atoms with Gasteiger partial charge in [-0.2, -0.15) is 0 Å². The predicted molar refractivity (Wildman–Crippen MR) is 140 cm³/mol. The molecule has 1 heterocycles. The molecule has 1 atom stereocenters. The van der Waals surface area contributed by atoms with Gasteiger partial charge in [0.25, 0.3) is 5.91 Å². The Bertz CT molecular complexity index is 1160. The zero-order chi connectivity index (χ0) is 26.8. The second-order valence-electron chi connectivity index (χ2n) is 8.70. The van der Waals surface area contributed by atoms with E-state index in [1.54, 1.807) is 18.2 Å². The molecule has 0 aliphatic carbocycles. The molecule has 1 unspecified atom stereocenters. The van der Waals surface area contributed by atoms with Crippen LogP contribution >= 0.6 is 0 Å². The van der Waals surface area contributed by atoms with Gasteiger partial charge in [-0.1, -0.05) is 25.5 Å². The van der Waals surface area contributed by atoms with E-state index in [0.29, 0.717) is 37.4 Å². The summed E-state index contributed by atoms with van der Waals surface area (Å²) in [6.07, 6.45) is 8.87. The number of benzene rings is 2. The Balaban J connectivity index is 1.64. The fraction of sp³-hybridized carbons (Fsp3) is 0.379. The average Bonchev–Trinajstić information content (AvgIpc) is 2.89. The molecule has 1 aliphatic heterocycles. The minimum Gasteiger partial charge on any atom is -0.507 e. The number of hydrogen-bond acceptors (Lipinski definition) is 7. The lowest BCUT2D eigenvalue weighted by Gasteiger charge is -2.27. The van der Waals surface area contributed by atoms with Crippen LogP contribution in [0, 0.1) is 0 Å². The number of rotatable bonds is 13. The van der Waals surface area contributed by atoms with Gasteiger partial charge in [0.2, 0.25) is 0 Å². The van der Waals surface area contributed by atoms with E-state index in [0.717, 1.165) is 48.3 Å². The number of phenols is 1. The quantitative estimate of drug-likeness (QED) is 0.177. The second-order valence-corrected chi connectivity index (χ2v) is 8.70. The summed E-state index contributed by atoms with van der Waals surface area (Å²) in [6.45, 7) is 6.58. The predicted octanol–water partition coefficient (Wildman–Crippen LogP) is 4.44. The first-order valence-electron chi connectivity index (χ1n) is 12.5. The molecule has 0 spiro atoms. The molecule has 3 N–H and O–H groups in total. The number of aryl methyl sites for hydroxylation is 1. The number of amides is 1. The second kappa shape index (κ2) is 13.4. The van der Waals surface area contributed by atoms with Gasteiger partial charge in [-0.15, -0.1) is 6.58 Å². The number of aromatic hydroxyl groups is 1. The van der Waals surface area contributed by atoms with E-state index in [4.69, 9.17) is 19.9 Å². The first-order chi connectivity index (χ1) is 17.9. The van der Waals surface area contributed by atoms with Crippen LogP contribution in [0.2, 0.25) is 0 Å². The van der Waals surface area contributed by atoms with E-state index in [1.807, 2.05) is 12.1 Å². The number of allylic oxidation sites excluding steroid dienone is 1. The molecule has 8 heteroatoms. The molecule has 2 aromatic carbocycles. The summed E-state index contributed by atoms with van der Waals surface area (Å²) in [5.41, 5.74) is 8.01. The normalized spacial score (nSPS) is 14.5. The minimum absolute atomic E-state index is 0.0497. The molecule has 2 aromatic rings. The van der Waals surface area contributed by atoms with Crippen LogP contribution in [0.3, 0.4) is 0 Å². The minimum atomic E-state index is -0.703. The van der Waals surface area contributed by atoms with E-state index < -0.39 is 11.9 Å². The van der Waals surface area contributed by atoms with Crippen molar-refractivity contribution in [3.8, 4) is 23.0 Å². The molecular formula is C29H35NO7. The van der Waals surface area contributed by atoms with Crippen LogP contribution < -0.4 is 19.9 Å². The van der Waals surface area contributed by atoms with Gasteiger partial charge in [0.1, 0.15) is 29.1 Å². The Morgan fingerprint density at radius 1 is 1.16 bits per heavy atom. The number of hydrogen-bond donors (Lipinski definition) is 2. The van der Waals surface area contributed by atoms with E-state index in [-0.39, 0.29) is 17.4 Å². The lowest BCUT2D eigenvalue weighted by Crippen LogP contribution is -2.22. The summed E-state index contributed by atoms with van der Waals surface area (Å²) in [6, 6.07) is 7.10. The van der Waals surface area contributed by atoms with Crippen molar-refractivity contribution in [3.05, 3.63) is 71.3 Å². The van der Waals surface area contributed by atoms with Crippen LogP contribution in [0.15, 0.2) is 49.1 Å². The average molecular weight is 510 g/mol. The Kier molecular flexibility index (Phi) is 10.0. The highest BCUT2D eigenvalue weighted by atomic mass is 16.5. The topological polar surface area (TPSA) is 117 Å². The number of primary amides is 1. The molecule has 0 radical (unpaired) electrons. The summed E-state index contributed by atoms with van der Waals surface area (Å²) in [5.74, 6) is 0.791. The lowest BCUT2D eigenvalue weighted by molar-refractivity contribution is -0.134. The van der Waals surface area contributed by atoms with E-state index in [9.17, 15) is 14.7 Å². The van der Waals surface area contributed by atoms with Crippen molar-refractivity contribution in [3.63, 3.8) is 0 Å². The number of carbonyl (C=O) groups excluding carboxylic acids is 2. The Morgan fingerprint density at radius 2 is 1.86 bits per heavy atom. The molecule has 8 nitrogen and oxygen atoms in total. The van der Waals surface area contributed by atoms with Crippen molar-refractivity contribution in [1.29, 1.82) is 0 Å². The summed E-state index contributed by atoms with van der Waals surface area (Å²) in [7, 11) is 1.35. The van der Waals surface area contributed by atoms with Crippen molar-refractivity contribution in [2.45, 2.75) is 51.6 Å². The van der Waals surface area contributed by atoms with Gasteiger partial charge in [0, 0.05) is 23.6 Å². The van der Waals surface area contributed by atoms with Crippen LogP contribution in [0.5, 0.6) is 23.0 Å². The van der Waals surface area contributed by atoms with Gasteiger partial charge >= 0.3 is 5.97 Å². The lowest BCUT2D eigenvalue weighted by atomic mass is 9.96. The third kappa shape index (κ3) is 7.06. The molecule has 0 aromatic heterocycles. The zero-order valence-corrected chi connectivity index (χ0v) is 21.5. The Labute approximate surface area is 217 Å². The Morgan fingerprint density at radius 3 is 2.51 bits per heavy atom. The maximum absolute atomic E-state index is 11.5. The van der Waals surface area contributed by atoms with Gasteiger partial charge in [0.05, 0.1) is 25.9 Å². The van der Waals surface area contributed by atoms with Crippen LogP contribution in [0.1, 0.15) is 53.2 Å². The molecular weight excluding hydrogens is 474 g/mol. The van der Waals surface area contributed by atoms with Crippen LogP contribution in [0.4, 0.5) is 0 Å². The summed E-state index contributed by atoms with van der Waals surface area (Å²) >= 11 is 0. The number of ether oxygens (including phenoxy) is 4. The molecule has 0 fully saturated rings. The van der Waals surface area contributed by atoms with E-state index in [2.05, 4.69) is 18.2 Å². The molecule has 3 rings (SSSR count). The molecule has 198 valence electrons. The molecule has 1 aliphatic rings. The molecule has 1 amide bonds. The van der Waals surface area contributed by atoms with E-state index >= 15 is 0 Å².